The van der Waals surface area contributed by atoms with Crippen LogP contribution in [0.2, 0.25) is 0 Å². The molecule has 0 bridgehead atoms. The average Bonchev–Trinajstić information content (AvgIpc) is 2.98. The van der Waals surface area contributed by atoms with Gasteiger partial charge in [0.1, 0.15) is 23.2 Å². The van der Waals surface area contributed by atoms with Gasteiger partial charge in [0, 0.05) is 6.42 Å². The van der Waals surface area contributed by atoms with Gasteiger partial charge < -0.3 is 9.84 Å². The molecule has 1 aliphatic rings. The van der Waals surface area contributed by atoms with Crippen LogP contribution in [0.5, 0.6) is 5.75 Å². The van der Waals surface area contributed by atoms with Gasteiger partial charge in [-0.2, -0.15) is 26.3 Å². The van der Waals surface area contributed by atoms with Crippen molar-refractivity contribution in [1.82, 2.24) is 4.72 Å². The number of hydrogen-bond acceptors (Lipinski definition) is 7. The molecule has 0 unspecified atom stereocenters. The van der Waals surface area contributed by atoms with Crippen molar-refractivity contribution in [1.29, 1.82) is 0 Å². The van der Waals surface area contributed by atoms with Crippen LogP contribution in [0, 0.1) is 12.7 Å². The average molecular weight is 756 g/mol. The molecule has 1 aliphatic heterocycles. The molecule has 0 saturated heterocycles. The van der Waals surface area contributed by atoms with E-state index in [1.54, 1.807) is 6.92 Å². The summed E-state index contributed by atoms with van der Waals surface area (Å²) in [7, 11) is -9.45. The summed E-state index contributed by atoms with van der Waals surface area (Å²) in [6.45, 7) is 2.00. The Morgan fingerprint density at radius 2 is 1.54 bits per heavy atom. The Kier molecular flexibility index (Phi) is 10.1. The van der Waals surface area contributed by atoms with Crippen molar-refractivity contribution in [2.24, 2.45) is 0 Å². The molecular weight excluding hydrogens is 727 g/mol. The highest BCUT2D eigenvalue weighted by Crippen LogP contribution is 2.44. The molecule has 2 N–H and O–H groups in total. The lowest BCUT2D eigenvalue weighted by atomic mass is 10.0. The molecule has 2 amide bonds. The first-order chi connectivity index (χ1) is 22.9. The summed E-state index contributed by atoms with van der Waals surface area (Å²) < 4.78 is 157. The summed E-state index contributed by atoms with van der Waals surface area (Å²) in [6.07, 6.45) is -14.8. The summed E-state index contributed by atoms with van der Waals surface area (Å²) in [6, 6.07) is 8.78. The Labute approximate surface area is 281 Å². The lowest BCUT2D eigenvalue weighted by Crippen LogP contribution is -2.57. The van der Waals surface area contributed by atoms with Crippen molar-refractivity contribution in [3.8, 4) is 5.75 Å². The molecule has 1 heterocycles. The van der Waals surface area contributed by atoms with E-state index < -0.39 is 102 Å². The second-order valence-electron chi connectivity index (χ2n) is 11.6. The van der Waals surface area contributed by atoms with Crippen molar-refractivity contribution in [3.05, 3.63) is 77.6 Å². The van der Waals surface area contributed by atoms with E-state index in [1.807, 2.05) is 4.72 Å². The number of benzene rings is 3. The standard InChI is InChI=1S/C30H28F7N3O8S2/c1-17-4-8-20(9-5-17)49(44,45)38-26(41)13-7-19-16-39(50(46,47)21-10-11-23(31)22(15-21)29(32,33)34)24-14-18(6-12-25(24)48-19)40(27(42)43)28(2,3)30(35,36)37/h4-6,8-12,14-15,19H,7,13,16H2,1-3H3,(H,38,41)(H,42,43)/t19-/m0/s1. The van der Waals surface area contributed by atoms with Crippen molar-refractivity contribution in [2.45, 2.75) is 67.4 Å². The summed E-state index contributed by atoms with van der Waals surface area (Å²) in [5.74, 6) is -3.23. The molecule has 0 spiro atoms. The highest BCUT2D eigenvalue weighted by Gasteiger charge is 2.54. The van der Waals surface area contributed by atoms with E-state index in [0.717, 1.165) is 17.7 Å². The molecule has 0 aliphatic carbocycles. The Morgan fingerprint density at radius 3 is 2.10 bits per heavy atom. The topological polar surface area (TPSA) is 150 Å². The predicted octanol–water partition coefficient (Wildman–Crippen LogP) is 6.22. The van der Waals surface area contributed by atoms with Crippen LogP contribution in [0.1, 0.15) is 37.8 Å². The number of nitrogens with zero attached hydrogens (tertiary/aromatic N) is 2. The first-order valence-electron chi connectivity index (χ1n) is 14.3. The highest BCUT2D eigenvalue weighted by atomic mass is 32.2. The number of alkyl halides is 6. The smallest absolute Gasteiger partial charge is 0.419 e. The lowest BCUT2D eigenvalue weighted by Gasteiger charge is -2.39. The largest absolute Gasteiger partial charge is 0.486 e. The predicted molar refractivity (Wildman–Crippen MR) is 163 cm³/mol. The SMILES string of the molecule is Cc1ccc(S(=O)(=O)NC(=O)CC[C@H]2CN(S(=O)(=O)c3ccc(F)c(C(F)(F)F)c3)c3cc(N(C(=O)O)C(C)(C)C(F)(F)F)ccc3O2)cc1. The van der Waals surface area contributed by atoms with Gasteiger partial charge in [-0.15, -0.1) is 0 Å². The number of ether oxygens (including phenoxy) is 1. The first-order valence-corrected chi connectivity index (χ1v) is 17.2. The van der Waals surface area contributed by atoms with Gasteiger partial charge in [0.25, 0.3) is 20.0 Å². The molecule has 50 heavy (non-hydrogen) atoms. The van der Waals surface area contributed by atoms with Crippen molar-refractivity contribution in [3.63, 3.8) is 0 Å². The first kappa shape index (κ1) is 38.2. The van der Waals surface area contributed by atoms with E-state index in [0.29, 0.717) is 30.3 Å². The number of sulfonamides is 2. The fraction of sp³-hybridized carbons (Fsp3) is 0.333. The number of anilines is 2. The van der Waals surface area contributed by atoms with Gasteiger partial charge in [0.15, 0.2) is 0 Å². The third-order valence-electron chi connectivity index (χ3n) is 7.68. The molecule has 1 atom stereocenters. The van der Waals surface area contributed by atoms with Crippen LogP contribution in [-0.2, 0) is 31.0 Å². The number of carbonyl (C=O) groups excluding carboxylic acids is 1. The molecule has 20 heteroatoms. The van der Waals surface area contributed by atoms with E-state index in [-0.39, 0.29) is 28.3 Å². The number of carboxylic acid groups (broad SMARTS) is 1. The van der Waals surface area contributed by atoms with Gasteiger partial charge in [-0.1, -0.05) is 17.7 Å². The number of amides is 2. The van der Waals surface area contributed by atoms with Gasteiger partial charge in [0.05, 0.1) is 33.3 Å². The van der Waals surface area contributed by atoms with E-state index in [1.165, 1.54) is 24.3 Å². The molecule has 272 valence electrons. The molecular formula is C30H28F7N3O8S2. The second-order valence-corrected chi connectivity index (χ2v) is 15.2. The van der Waals surface area contributed by atoms with Gasteiger partial charge in [-0.3, -0.25) is 14.0 Å². The molecule has 3 aromatic carbocycles. The summed E-state index contributed by atoms with van der Waals surface area (Å²) in [5, 5.41) is 9.74. The van der Waals surface area contributed by atoms with E-state index in [4.69, 9.17) is 4.74 Å². The van der Waals surface area contributed by atoms with Crippen LogP contribution >= 0.6 is 0 Å². The van der Waals surface area contributed by atoms with Crippen molar-refractivity contribution >= 4 is 43.4 Å². The molecule has 4 rings (SSSR count). The minimum absolute atomic E-state index is 0.0123. The van der Waals surface area contributed by atoms with E-state index >= 15 is 0 Å². The van der Waals surface area contributed by atoms with Crippen LogP contribution in [0.25, 0.3) is 0 Å². The van der Waals surface area contributed by atoms with Crippen LogP contribution in [-0.4, -0.2) is 58.3 Å². The second kappa shape index (κ2) is 13.3. The van der Waals surface area contributed by atoms with Gasteiger partial charge in [0.2, 0.25) is 5.91 Å². The molecule has 0 fully saturated rings. The molecule has 0 aromatic heterocycles. The molecule has 0 radical (unpaired) electrons. The number of nitrogens with one attached hydrogen (secondary N) is 1. The zero-order valence-electron chi connectivity index (χ0n) is 26.1. The number of carbonyl (C=O) groups is 2. The number of rotatable bonds is 9. The van der Waals surface area contributed by atoms with Crippen LogP contribution in [0.3, 0.4) is 0 Å². The third kappa shape index (κ3) is 7.74. The summed E-state index contributed by atoms with van der Waals surface area (Å²) in [4.78, 5) is 23.3. The summed E-state index contributed by atoms with van der Waals surface area (Å²) >= 11 is 0. The molecule has 3 aromatic rings. The van der Waals surface area contributed by atoms with E-state index in [2.05, 4.69) is 0 Å². The van der Waals surface area contributed by atoms with Crippen LogP contribution in [0.4, 0.5) is 46.9 Å². The van der Waals surface area contributed by atoms with Gasteiger partial charge in [-0.05, 0) is 75.7 Å². The van der Waals surface area contributed by atoms with Crippen molar-refractivity contribution in [2.75, 3.05) is 15.7 Å². The Morgan fingerprint density at radius 1 is 0.940 bits per heavy atom. The molecule has 11 nitrogen and oxygen atoms in total. The number of aryl methyl sites for hydroxylation is 1. The quantitative estimate of drug-likeness (QED) is 0.245. The van der Waals surface area contributed by atoms with Crippen LogP contribution in [0.15, 0.2) is 70.5 Å². The monoisotopic (exact) mass is 755 g/mol. The Bertz CT molecular complexity index is 2020. The minimum atomic E-state index is -5.33. The fourth-order valence-electron chi connectivity index (χ4n) is 4.90. The Hall–Kier alpha value is -4.59. The zero-order valence-corrected chi connectivity index (χ0v) is 27.8. The lowest BCUT2D eigenvalue weighted by molar-refractivity contribution is -0.175. The zero-order chi connectivity index (χ0) is 37.6. The maximum Gasteiger partial charge on any atom is 0.419 e. The maximum absolute atomic E-state index is 14.1. The molecule has 0 saturated carbocycles. The van der Waals surface area contributed by atoms with Gasteiger partial charge in [-0.25, -0.2) is 30.7 Å². The fourth-order valence-corrected chi connectivity index (χ4v) is 7.43. The number of fused-ring (bicyclic) bond motifs is 1. The van der Waals surface area contributed by atoms with E-state index in [9.17, 15) is 62.3 Å². The highest BCUT2D eigenvalue weighted by molar-refractivity contribution is 7.92. The number of hydrogen-bond donors (Lipinski definition) is 2. The normalized spacial score (nSPS) is 15.6. The van der Waals surface area contributed by atoms with Crippen molar-refractivity contribution < 1.29 is 67.0 Å². The summed E-state index contributed by atoms with van der Waals surface area (Å²) in [5.41, 5.74) is -5.55. The van der Waals surface area contributed by atoms with Crippen LogP contribution < -0.4 is 18.7 Å². The Balaban J connectivity index is 1.74. The minimum Gasteiger partial charge on any atom is -0.486 e. The van der Waals surface area contributed by atoms with Gasteiger partial charge >= 0.3 is 18.4 Å². The maximum atomic E-state index is 14.1. The number of halogens is 7. The third-order valence-corrected chi connectivity index (χ3v) is 10.8.